The predicted octanol–water partition coefficient (Wildman–Crippen LogP) is 1.02. The monoisotopic (exact) mass is 119 g/mol. The van der Waals surface area contributed by atoms with E-state index in [1.165, 1.54) is 6.20 Å². The normalized spacial score (nSPS) is 10.9. The van der Waals surface area contributed by atoms with Crippen molar-refractivity contribution >= 4 is 17.6 Å². The SMILES string of the molecule is CN/C=C(/F)C=S. The van der Waals surface area contributed by atoms with Gasteiger partial charge in [0.15, 0.2) is 0 Å². The molecule has 1 nitrogen and oxygen atoms in total. The van der Waals surface area contributed by atoms with Crippen LogP contribution in [-0.2, 0) is 0 Å². The number of hydrogen-bond acceptors (Lipinski definition) is 2. The van der Waals surface area contributed by atoms with Crippen LogP contribution in [0.2, 0.25) is 0 Å². The van der Waals surface area contributed by atoms with Crippen molar-refractivity contribution in [3.63, 3.8) is 0 Å². The summed E-state index contributed by atoms with van der Waals surface area (Å²) in [5.41, 5.74) is 0. The van der Waals surface area contributed by atoms with Crippen LogP contribution < -0.4 is 5.32 Å². The van der Waals surface area contributed by atoms with Gasteiger partial charge in [-0.05, 0) is 0 Å². The van der Waals surface area contributed by atoms with Crippen molar-refractivity contribution in [3.8, 4) is 0 Å². The Kier molecular flexibility index (Phi) is 3.50. The third-order valence-corrected chi connectivity index (χ3v) is 0.620. The van der Waals surface area contributed by atoms with Crippen molar-refractivity contribution in [2.45, 2.75) is 0 Å². The summed E-state index contributed by atoms with van der Waals surface area (Å²) in [5.74, 6) is -0.419. The van der Waals surface area contributed by atoms with Crippen molar-refractivity contribution in [1.82, 2.24) is 5.32 Å². The highest BCUT2D eigenvalue weighted by Gasteiger charge is 1.78. The van der Waals surface area contributed by atoms with Crippen LogP contribution in [0.25, 0.3) is 0 Å². The van der Waals surface area contributed by atoms with Crippen molar-refractivity contribution < 1.29 is 4.39 Å². The lowest BCUT2D eigenvalue weighted by atomic mass is 10.6. The molecule has 0 fully saturated rings. The minimum Gasteiger partial charge on any atom is -0.392 e. The largest absolute Gasteiger partial charge is 0.392 e. The van der Waals surface area contributed by atoms with Gasteiger partial charge in [0.1, 0.15) is 5.83 Å². The van der Waals surface area contributed by atoms with E-state index in [1.807, 2.05) is 0 Å². The Morgan fingerprint density at radius 2 is 2.43 bits per heavy atom. The number of allylic oxidation sites excluding steroid dienone is 1. The molecule has 0 heterocycles. The van der Waals surface area contributed by atoms with E-state index in [1.54, 1.807) is 7.05 Å². The molecule has 3 heteroatoms. The molecule has 0 bridgehead atoms. The Bertz CT molecular complexity index is 89.7. The van der Waals surface area contributed by atoms with Crippen molar-refractivity contribution in [2.75, 3.05) is 7.05 Å². The average Bonchev–Trinajstić information content (AvgIpc) is 1.68. The van der Waals surface area contributed by atoms with E-state index in [-0.39, 0.29) is 0 Å². The Labute approximate surface area is 47.2 Å². The van der Waals surface area contributed by atoms with Crippen LogP contribution in [0.15, 0.2) is 12.0 Å². The van der Waals surface area contributed by atoms with Gasteiger partial charge in [-0.2, -0.15) is 0 Å². The van der Waals surface area contributed by atoms with Crippen LogP contribution in [0.1, 0.15) is 0 Å². The standard InChI is InChI=1S/C4H6FNS/c1-6-2-4(5)3-7/h2-3,6H,1H3/b4-2+. The molecule has 0 aliphatic heterocycles. The fourth-order valence-corrected chi connectivity index (χ4v) is 0.240. The summed E-state index contributed by atoms with van der Waals surface area (Å²) in [6.45, 7) is 0. The average molecular weight is 119 g/mol. The van der Waals surface area contributed by atoms with Gasteiger partial charge in [0.2, 0.25) is 0 Å². The molecule has 0 radical (unpaired) electrons. The zero-order valence-electron chi connectivity index (χ0n) is 3.94. The van der Waals surface area contributed by atoms with Crippen LogP contribution in [0.3, 0.4) is 0 Å². The molecule has 0 aliphatic rings. The first-order chi connectivity index (χ1) is 3.31. The van der Waals surface area contributed by atoms with E-state index in [9.17, 15) is 4.39 Å². The van der Waals surface area contributed by atoms with Crippen LogP contribution in [0.4, 0.5) is 4.39 Å². The smallest absolute Gasteiger partial charge is 0.149 e. The Morgan fingerprint density at radius 1 is 1.86 bits per heavy atom. The minimum atomic E-state index is -0.419. The van der Waals surface area contributed by atoms with Gasteiger partial charge < -0.3 is 5.32 Å². The molecule has 0 saturated carbocycles. The molecule has 0 spiro atoms. The minimum absolute atomic E-state index is 0.419. The third kappa shape index (κ3) is 3.39. The van der Waals surface area contributed by atoms with E-state index in [0.29, 0.717) is 0 Å². The zero-order chi connectivity index (χ0) is 5.70. The molecule has 40 valence electrons. The van der Waals surface area contributed by atoms with Gasteiger partial charge in [0.05, 0.1) is 0 Å². The molecular weight excluding hydrogens is 113 g/mol. The van der Waals surface area contributed by atoms with Crippen LogP contribution in [0, 0.1) is 0 Å². The van der Waals surface area contributed by atoms with E-state index in [4.69, 9.17) is 0 Å². The van der Waals surface area contributed by atoms with E-state index in [2.05, 4.69) is 17.5 Å². The lowest BCUT2D eigenvalue weighted by Crippen LogP contribution is -1.93. The van der Waals surface area contributed by atoms with Gasteiger partial charge in [0, 0.05) is 18.6 Å². The van der Waals surface area contributed by atoms with E-state index in [0.717, 1.165) is 5.37 Å². The van der Waals surface area contributed by atoms with Crippen molar-refractivity contribution in [3.05, 3.63) is 12.0 Å². The first-order valence-electron chi connectivity index (χ1n) is 1.79. The Balaban J connectivity index is 3.49. The number of rotatable bonds is 2. The molecule has 0 atom stereocenters. The molecule has 0 amide bonds. The Morgan fingerprint density at radius 3 is 2.57 bits per heavy atom. The van der Waals surface area contributed by atoms with Gasteiger partial charge in [0.25, 0.3) is 0 Å². The fraction of sp³-hybridized carbons (Fsp3) is 0.250. The summed E-state index contributed by atoms with van der Waals surface area (Å²) in [7, 11) is 1.61. The quantitative estimate of drug-likeness (QED) is 0.430. The molecule has 0 aromatic heterocycles. The van der Waals surface area contributed by atoms with E-state index >= 15 is 0 Å². The first-order valence-corrected chi connectivity index (χ1v) is 2.26. The summed E-state index contributed by atoms with van der Waals surface area (Å²) in [6.07, 6.45) is 1.19. The maximum absolute atomic E-state index is 11.8. The van der Waals surface area contributed by atoms with Crippen molar-refractivity contribution in [2.24, 2.45) is 0 Å². The predicted molar refractivity (Wildman–Crippen MR) is 31.9 cm³/mol. The van der Waals surface area contributed by atoms with Crippen LogP contribution in [0.5, 0.6) is 0 Å². The van der Waals surface area contributed by atoms with Crippen molar-refractivity contribution in [1.29, 1.82) is 0 Å². The molecule has 0 aromatic rings. The second-order valence-electron chi connectivity index (χ2n) is 0.936. The summed E-state index contributed by atoms with van der Waals surface area (Å²) < 4.78 is 11.8. The lowest BCUT2D eigenvalue weighted by Gasteiger charge is -1.82. The van der Waals surface area contributed by atoms with Crippen LogP contribution >= 0.6 is 12.2 Å². The number of thiocarbonyl (C=S) groups is 1. The highest BCUT2D eigenvalue weighted by atomic mass is 32.1. The highest BCUT2D eigenvalue weighted by molar-refractivity contribution is 7.79. The summed E-state index contributed by atoms with van der Waals surface area (Å²) >= 11 is 4.23. The number of hydrogen-bond donors (Lipinski definition) is 1. The highest BCUT2D eigenvalue weighted by Crippen LogP contribution is 1.85. The molecular formula is C4H6FNS. The number of nitrogens with one attached hydrogen (secondary N) is 1. The molecule has 0 saturated heterocycles. The van der Waals surface area contributed by atoms with Gasteiger partial charge in [-0.15, -0.1) is 0 Å². The molecule has 0 rings (SSSR count). The third-order valence-electron chi connectivity index (χ3n) is 0.395. The molecule has 7 heavy (non-hydrogen) atoms. The Hall–Kier alpha value is -0.440. The summed E-state index contributed by atoms with van der Waals surface area (Å²) in [5, 5.41) is 3.45. The van der Waals surface area contributed by atoms with Gasteiger partial charge >= 0.3 is 0 Å². The van der Waals surface area contributed by atoms with Crippen LogP contribution in [-0.4, -0.2) is 12.4 Å². The maximum atomic E-state index is 11.8. The first kappa shape index (κ1) is 6.56. The molecule has 0 aromatic carbocycles. The lowest BCUT2D eigenvalue weighted by molar-refractivity contribution is 0.679. The second kappa shape index (κ2) is 3.74. The zero-order valence-corrected chi connectivity index (χ0v) is 4.76. The van der Waals surface area contributed by atoms with Gasteiger partial charge in [-0.25, -0.2) is 4.39 Å². The maximum Gasteiger partial charge on any atom is 0.149 e. The summed E-state index contributed by atoms with van der Waals surface area (Å²) in [4.78, 5) is 0. The fourth-order valence-electron chi connectivity index (χ4n) is 0.172. The molecule has 0 aliphatic carbocycles. The van der Waals surface area contributed by atoms with E-state index < -0.39 is 5.83 Å². The topological polar surface area (TPSA) is 12.0 Å². The number of halogens is 1. The molecule has 0 unspecified atom stereocenters. The van der Waals surface area contributed by atoms with Gasteiger partial charge in [-0.3, -0.25) is 0 Å². The molecule has 1 N–H and O–H groups in total. The second-order valence-corrected chi connectivity index (χ2v) is 1.17. The summed E-state index contributed by atoms with van der Waals surface area (Å²) in [6, 6.07) is 0. The van der Waals surface area contributed by atoms with Gasteiger partial charge in [-0.1, -0.05) is 12.2 Å².